The predicted octanol–water partition coefficient (Wildman–Crippen LogP) is 4.41. The molecule has 5 nitrogen and oxygen atoms in total. The molecule has 0 bridgehead atoms. The van der Waals surface area contributed by atoms with Gasteiger partial charge in [-0.05, 0) is 43.3 Å². The molecule has 5 heteroatoms. The number of imide groups is 1. The second-order valence-electron chi connectivity index (χ2n) is 7.59. The van der Waals surface area contributed by atoms with Gasteiger partial charge in [-0.2, -0.15) is 0 Å². The number of carbonyl (C=O) groups is 2. The second-order valence-corrected chi connectivity index (χ2v) is 7.59. The van der Waals surface area contributed by atoms with E-state index in [1.54, 1.807) is 12.1 Å². The van der Waals surface area contributed by atoms with Gasteiger partial charge in [-0.25, -0.2) is 4.90 Å². The van der Waals surface area contributed by atoms with E-state index in [4.69, 9.17) is 4.74 Å². The van der Waals surface area contributed by atoms with Crippen LogP contribution in [0.1, 0.15) is 44.6 Å². The van der Waals surface area contributed by atoms with Crippen molar-refractivity contribution in [2.24, 2.45) is 0 Å². The Morgan fingerprint density at radius 1 is 1.00 bits per heavy atom. The Kier molecular flexibility index (Phi) is 7.42. The van der Waals surface area contributed by atoms with E-state index in [9.17, 15) is 9.59 Å². The maximum atomic E-state index is 12.9. The van der Waals surface area contributed by atoms with Gasteiger partial charge in [0.25, 0.3) is 5.91 Å². The molecule has 154 valence electrons. The summed E-state index contributed by atoms with van der Waals surface area (Å²) in [5.41, 5.74) is 1.73. The molecule has 3 rings (SSSR count). The first-order chi connectivity index (χ1) is 14.1. The summed E-state index contributed by atoms with van der Waals surface area (Å²) >= 11 is 0. The van der Waals surface area contributed by atoms with Gasteiger partial charge in [-0.3, -0.25) is 14.5 Å². The third kappa shape index (κ3) is 5.45. The Bertz CT molecular complexity index is 805. The fraction of sp³-hybridized carbons (Fsp3) is 0.417. The lowest BCUT2D eigenvalue weighted by Gasteiger charge is -2.23. The lowest BCUT2D eigenvalue weighted by molar-refractivity contribution is -0.122. The highest BCUT2D eigenvalue weighted by molar-refractivity contribution is 6.22. The van der Waals surface area contributed by atoms with Gasteiger partial charge in [0, 0.05) is 6.54 Å². The largest absolute Gasteiger partial charge is 0.494 e. The topological polar surface area (TPSA) is 49.9 Å². The van der Waals surface area contributed by atoms with Crippen LogP contribution in [0.5, 0.6) is 5.75 Å². The normalized spacial score (nSPS) is 16.7. The average Bonchev–Trinajstić information content (AvgIpc) is 3.03. The van der Waals surface area contributed by atoms with Gasteiger partial charge in [0.1, 0.15) is 5.75 Å². The minimum Gasteiger partial charge on any atom is -0.494 e. The third-order valence-corrected chi connectivity index (χ3v) is 5.29. The molecule has 1 aliphatic heterocycles. The molecule has 1 aliphatic rings. The van der Waals surface area contributed by atoms with E-state index in [-0.39, 0.29) is 18.2 Å². The van der Waals surface area contributed by atoms with Crippen LogP contribution in [0.3, 0.4) is 0 Å². The smallest absolute Gasteiger partial charge is 0.251 e. The molecule has 1 unspecified atom stereocenters. The summed E-state index contributed by atoms with van der Waals surface area (Å²) in [5, 5.41) is 0. The van der Waals surface area contributed by atoms with Crippen LogP contribution in [0.25, 0.3) is 0 Å². The highest BCUT2D eigenvalue weighted by atomic mass is 16.5. The van der Waals surface area contributed by atoms with E-state index >= 15 is 0 Å². The van der Waals surface area contributed by atoms with Gasteiger partial charge in [0.05, 0.1) is 24.8 Å². The summed E-state index contributed by atoms with van der Waals surface area (Å²) in [6, 6.07) is 16.8. The van der Waals surface area contributed by atoms with Gasteiger partial charge in [-0.15, -0.1) is 0 Å². The minimum atomic E-state index is -0.433. The van der Waals surface area contributed by atoms with Crippen LogP contribution in [0.4, 0.5) is 5.69 Å². The van der Waals surface area contributed by atoms with Crippen LogP contribution in [-0.4, -0.2) is 36.4 Å². The van der Waals surface area contributed by atoms with E-state index in [0.29, 0.717) is 18.8 Å². The van der Waals surface area contributed by atoms with E-state index in [0.717, 1.165) is 17.7 Å². The zero-order valence-electron chi connectivity index (χ0n) is 17.3. The molecule has 2 aromatic rings. The number of benzene rings is 2. The van der Waals surface area contributed by atoms with Crippen molar-refractivity contribution in [2.75, 3.05) is 18.6 Å². The Hall–Kier alpha value is -2.66. The van der Waals surface area contributed by atoms with Crippen molar-refractivity contribution >= 4 is 17.5 Å². The standard InChI is InChI=1S/C24H30N2O3/c1-3-4-5-9-16-29-21-14-12-20(13-15-21)26-23(27)17-22(24(26)28)25(2)18-19-10-7-6-8-11-19/h6-8,10-15,22H,3-5,9,16-18H2,1-2H3. The van der Waals surface area contributed by atoms with Gasteiger partial charge < -0.3 is 4.74 Å². The fourth-order valence-corrected chi connectivity index (χ4v) is 3.62. The lowest BCUT2D eigenvalue weighted by Crippen LogP contribution is -2.39. The monoisotopic (exact) mass is 394 g/mol. The SMILES string of the molecule is CCCCCCOc1ccc(N2C(=O)CC(N(C)Cc3ccccc3)C2=O)cc1. The van der Waals surface area contributed by atoms with Crippen molar-refractivity contribution < 1.29 is 14.3 Å². The minimum absolute atomic E-state index is 0.159. The van der Waals surface area contributed by atoms with Crippen molar-refractivity contribution in [3.63, 3.8) is 0 Å². The molecular weight excluding hydrogens is 364 g/mol. The predicted molar refractivity (Wildman–Crippen MR) is 115 cm³/mol. The summed E-state index contributed by atoms with van der Waals surface area (Å²) < 4.78 is 5.75. The molecule has 2 aromatic carbocycles. The number of anilines is 1. The van der Waals surface area contributed by atoms with Crippen LogP contribution in [0, 0.1) is 0 Å². The first kappa shape index (κ1) is 21.1. The number of amides is 2. The molecule has 1 atom stereocenters. The van der Waals surface area contributed by atoms with Gasteiger partial charge in [-0.1, -0.05) is 56.5 Å². The molecule has 0 N–H and O–H groups in total. The van der Waals surface area contributed by atoms with E-state index in [1.807, 2.05) is 54.4 Å². The quantitative estimate of drug-likeness (QED) is 0.442. The van der Waals surface area contributed by atoms with Gasteiger partial charge >= 0.3 is 0 Å². The molecule has 1 heterocycles. The van der Waals surface area contributed by atoms with E-state index < -0.39 is 6.04 Å². The number of nitrogens with zero attached hydrogens (tertiary/aromatic N) is 2. The Morgan fingerprint density at radius 3 is 2.41 bits per heavy atom. The van der Waals surface area contributed by atoms with Crippen molar-refractivity contribution in [1.82, 2.24) is 4.90 Å². The average molecular weight is 395 g/mol. The van der Waals surface area contributed by atoms with Crippen molar-refractivity contribution in [3.8, 4) is 5.75 Å². The molecule has 29 heavy (non-hydrogen) atoms. The number of unbranched alkanes of at least 4 members (excludes halogenated alkanes) is 3. The molecule has 0 spiro atoms. The molecule has 0 radical (unpaired) electrons. The summed E-state index contributed by atoms with van der Waals surface area (Å²) in [7, 11) is 1.89. The van der Waals surface area contributed by atoms with Crippen molar-refractivity contribution in [3.05, 3.63) is 60.2 Å². The maximum Gasteiger partial charge on any atom is 0.251 e. The second kappa shape index (κ2) is 10.2. The summed E-state index contributed by atoms with van der Waals surface area (Å²) in [4.78, 5) is 28.7. The fourth-order valence-electron chi connectivity index (χ4n) is 3.62. The highest BCUT2D eigenvalue weighted by Gasteiger charge is 2.41. The summed E-state index contributed by atoms with van der Waals surface area (Å²) in [6.45, 7) is 3.50. The van der Waals surface area contributed by atoms with Crippen LogP contribution in [-0.2, 0) is 16.1 Å². The lowest BCUT2D eigenvalue weighted by atomic mass is 10.1. The van der Waals surface area contributed by atoms with Crippen LogP contribution >= 0.6 is 0 Å². The number of hydrogen-bond donors (Lipinski definition) is 0. The molecular formula is C24H30N2O3. The van der Waals surface area contributed by atoms with Crippen molar-refractivity contribution in [2.45, 2.75) is 51.6 Å². The number of ether oxygens (including phenoxy) is 1. The first-order valence-corrected chi connectivity index (χ1v) is 10.4. The highest BCUT2D eigenvalue weighted by Crippen LogP contribution is 2.27. The number of hydrogen-bond acceptors (Lipinski definition) is 4. The van der Waals surface area contributed by atoms with Crippen LogP contribution < -0.4 is 9.64 Å². The molecule has 1 fully saturated rings. The Balaban J connectivity index is 1.59. The van der Waals surface area contributed by atoms with E-state index in [2.05, 4.69) is 6.92 Å². The van der Waals surface area contributed by atoms with Crippen molar-refractivity contribution in [1.29, 1.82) is 0 Å². The zero-order chi connectivity index (χ0) is 20.6. The number of likely N-dealkylation sites (N-methyl/N-ethyl adjacent to an activating group) is 1. The summed E-state index contributed by atoms with van der Waals surface area (Å²) in [5.74, 6) is 0.442. The molecule has 1 saturated heterocycles. The maximum absolute atomic E-state index is 12.9. The number of rotatable bonds is 10. The zero-order valence-corrected chi connectivity index (χ0v) is 17.3. The molecule has 2 amide bonds. The van der Waals surface area contributed by atoms with Crippen LogP contribution in [0.15, 0.2) is 54.6 Å². The van der Waals surface area contributed by atoms with Crippen LogP contribution in [0.2, 0.25) is 0 Å². The van der Waals surface area contributed by atoms with Gasteiger partial charge in [0.15, 0.2) is 0 Å². The summed E-state index contributed by atoms with van der Waals surface area (Å²) in [6.07, 6.45) is 4.84. The van der Waals surface area contributed by atoms with E-state index in [1.165, 1.54) is 24.2 Å². The molecule has 0 aromatic heterocycles. The van der Waals surface area contributed by atoms with Gasteiger partial charge in [0.2, 0.25) is 5.91 Å². The number of carbonyl (C=O) groups excluding carboxylic acids is 2. The third-order valence-electron chi connectivity index (χ3n) is 5.29. The Morgan fingerprint density at radius 2 is 1.72 bits per heavy atom. The first-order valence-electron chi connectivity index (χ1n) is 10.4. The Labute approximate surface area is 173 Å². The molecule has 0 aliphatic carbocycles. The molecule has 0 saturated carbocycles.